The van der Waals surface area contributed by atoms with Crippen molar-refractivity contribution >= 4 is 5.91 Å². The van der Waals surface area contributed by atoms with Gasteiger partial charge in [0.15, 0.2) is 0 Å². The van der Waals surface area contributed by atoms with Crippen molar-refractivity contribution in [1.29, 1.82) is 0 Å². The van der Waals surface area contributed by atoms with E-state index >= 15 is 0 Å². The summed E-state index contributed by atoms with van der Waals surface area (Å²) in [7, 11) is 2.08. The van der Waals surface area contributed by atoms with Gasteiger partial charge in [-0.05, 0) is 26.0 Å². The highest BCUT2D eigenvalue weighted by Crippen LogP contribution is 2.30. The number of nitrogens with zero attached hydrogens (tertiary/aromatic N) is 4. The van der Waals surface area contributed by atoms with Crippen molar-refractivity contribution in [3.05, 3.63) is 17.5 Å². The summed E-state index contributed by atoms with van der Waals surface area (Å²) in [5, 5.41) is 6.74. The van der Waals surface area contributed by atoms with Crippen molar-refractivity contribution in [2.75, 3.05) is 46.3 Å². The van der Waals surface area contributed by atoms with E-state index in [1.165, 1.54) is 6.92 Å². The molecule has 1 aromatic heterocycles. The molecular weight excluding hydrogens is 347 g/mol. The van der Waals surface area contributed by atoms with Crippen LogP contribution in [0.2, 0.25) is 0 Å². The molecule has 0 saturated carbocycles. The summed E-state index contributed by atoms with van der Waals surface area (Å²) in [4.78, 5) is 16.5. The Morgan fingerprint density at radius 3 is 2.58 bits per heavy atom. The molecule has 1 aliphatic rings. The largest absolute Gasteiger partial charge is 0.433 e. The van der Waals surface area contributed by atoms with Crippen LogP contribution >= 0.6 is 0 Å². The summed E-state index contributed by atoms with van der Waals surface area (Å²) in [6.45, 7) is 8.42. The minimum Gasteiger partial charge on any atom is -0.356 e. The number of likely N-dealkylation sites (N-methyl/N-ethyl adjacent to an activating group) is 1. The van der Waals surface area contributed by atoms with E-state index in [-0.39, 0.29) is 18.4 Å². The van der Waals surface area contributed by atoms with E-state index < -0.39 is 11.9 Å². The second kappa shape index (κ2) is 8.85. The van der Waals surface area contributed by atoms with Gasteiger partial charge in [-0.1, -0.05) is 6.92 Å². The van der Waals surface area contributed by atoms with E-state index in [9.17, 15) is 18.0 Å². The minimum atomic E-state index is -4.42. The Morgan fingerprint density at radius 1 is 1.31 bits per heavy atom. The number of carbonyl (C=O) groups is 1. The molecule has 0 spiro atoms. The molecule has 26 heavy (non-hydrogen) atoms. The van der Waals surface area contributed by atoms with Crippen LogP contribution in [0.15, 0.2) is 6.07 Å². The lowest BCUT2D eigenvalue weighted by atomic mass is 10.1. The molecular formula is C17H28F3N5O. The second-order valence-corrected chi connectivity index (χ2v) is 7.15. The first-order valence-corrected chi connectivity index (χ1v) is 8.94. The molecule has 0 bridgehead atoms. The molecule has 1 fully saturated rings. The van der Waals surface area contributed by atoms with Gasteiger partial charge in [0.25, 0.3) is 0 Å². The molecule has 0 radical (unpaired) electrons. The summed E-state index contributed by atoms with van der Waals surface area (Å²) in [5.74, 6) is -0.216. The monoisotopic (exact) mass is 375 g/mol. The average Bonchev–Trinajstić information content (AvgIpc) is 2.93. The Kier molecular flexibility index (Phi) is 7.05. The fourth-order valence-corrected chi connectivity index (χ4v) is 2.98. The maximum Gasteiger partial charge on any atom is 0.433 e. The standard InChI is InChI=1S/C17H28F3N5O/c1-13(12-25-15(17(18,19)20)10-14(2)22-25)11-21-16(26)4-5-24-8-6-23(3)7-9-24/h10,13H,4-9,11-12H2,1-3H3,(H,21,26)/t13-/m0/s1. The summed E-state index contributed by atoms with van der Waals surface area (Å²) in [6.07, 6.45) is -4.02. The van der Waals surface area contributed by atoms with Gasteiger partial charge in [0.05, 0.1) is 5.69 Å². The number of hydrogen-bond donors (Lipinski definition) is 1. The van der Waals surface area contributed by atoms with E-state index in [2.05, 4.69) is 27.3 Å². The number of piperazine rings is 1. The van der Waals surface area contributed by atoms with Gasteiger partial charge in [0, 0.05) is 52.2 Å². The molecule has 6 nitrogen and oxygen atoms in total. The molecule has 1 saturated heterocycles. The third kappa shape index (κ3) is 6.28. The summed E-state index contributed by atoms with van der Waals surface area (Å²) < 4.78 is 40.0. The number of rotatable bonds is 7. The van der Waals surface area contributed by atoms with Gasteiger partial charge in [-0.3, -0.25) is 9.48 Å². The Bertz CT molecular complexity index is 594. The lowest BCUT2D eigenvalue weighted by Gasteiger charge is -2.32. The van der Waals surface area contributed by atoms with Crippen LogP contribution < -0.4 is 5.32 Å². The van der Waals surface area contributed by atoms with Gasteiger partial charge in [0.2, 0.25) is 5.91 Å². The number of nitrogens with one attached hydrogen (secondary N) is 1. The zero-order chi connectivity index (χ0) is 19.3. The van der Waals surface area contributed by atoms with Gasteiger partial charge in [0.1, 0.15) is 5.69 Å². The first-order valence-electron chi connectivity index (χ1n) is 8.94. The van der Waals surface area contributed by atoms with Crippen LogP contribution in [0.5, 0.6) is 0 Å². The number of aryl methyl sites for hydroxylation is 1. The van der Waals surface area contributed by atoms with Gasteiger partial charge >= 0.3 is 6.18 Å². The molecule has 1 aliphatic heterocycles. The van der Waals surface area contributed by atoms with Crippen LogP contribution in [0, 0.1) is 12.8 Å². The van der Waals surface area contributed by atoms with E-state index in [0.717, 1.165) is 36.9 Å². The molecule has 1 N–H and O–H groups in total. The summed E-state index contributed by atoms with van der Waals surface area (Å²) in [6, 6.07) is 1.04. The smallest absolute Gasteiger partial charge is 0.356 e. The Hall–Kier alpha value is -1.61. The Balaban J connectivity index is 1.73. The van der Waals surface area contributed by atoms with Gasteiger partial charge in [-0.25, -0.2) is 0 Å². The van der Waals surface area contributed by atoms with Crippen LogP contribution in [-0.2, 0) is 17.5 Å². The first kappa shape index (κ1) is 20.7. The number of hydrogen-bond acceptors (Lipinski definition) is 4. The normalized spacial score (nSPS) is 18.1. The molecule has 0 aromatic carbocycles. The fourth-order valence-electron chi connectivity index (χ4n) is 2.98. The van der Waals surface area contributed by atoms with E-state index in [1.807, 2.05) is 0 Å². The topological polar surface area (TPSA) is 53.4 Å². The molecule has 9 heteroatoms. The predicted octanol–water partition coefficient (Wildman–Crippen LogP) is 1.60. The van der Waals surface area contributed by atoms with E-state index in [1.54, 1.807) is 6.92 Å². The van der Waals surface area contributed by atoms with E-state index in [4.69, 9.17) is 0 Å². The molecule has 1 aromatic rings. The molecule has 0 aliphatic carbocycles. The van der Waals surface area contributed by atoms with Crippen molar-refractivity contribution < 1.29 is 18.0 Å². The number of halogens is 3. The van der Waals surface area contributed by atoms with Gasteiger partial charge in [-0.2, -0.15) is 18.3 Å². The number of aromatic nitrogens is 2. The van der Waals surface area contributed by atoms with Crippen molar-refractivity contribution in [3.63, 3.8) is 0 Å². The third-order valence-electron chi connectivity index (χ3n) is 4.58. The molecule has 2 rings (SSSR count). The predicted molar refractivity (Wildman–Crippen MR) is 92.7 cm³/mol. The minimum absolute atomic E-state index is 0.0662. The van der Waals surface area contributed by atoms with Gasteiger partial charge in [-0.15, -0.1) is 0 Å². The third-order valence-corrected chi connectivity index (χ3v) is 4.58. The SMILES string of the molecule is Cc1cc(C(F)(F)F)n(C[C@@H](C)CNC(=O)CCN2CCN(C)CC2)n1. The van der Waals surface area contributed by atoms with Crippen LogP contribution in [0.4, 0.5) is 13.2 Å². The van der Waals surface area contributed by atoms with Crippen LogP contribution in [0.1, 0.15) is 24.7 Å². The number of carbonyl (C=O) groups excluding carboxylic acids is 1. The average molecular weight is 375 g/mol. The first-order chi connectivity index (χ1) is 12.1. The fraction of sp³-hybridized carbons (Fsp3) is 0.765. The Morgan fingerprint density at radius 2 is 1.96 bits per heavy atom. The van der Waals surface area contributed by atoms with Crippen molar-refractivity contribution in [2.45, 2.75) is 33.0 Å². The van der Waals surface area contributed by atoms with Gasteiger partial charge < -0.3 is 15.1 Å². The molecule has 1 atom stereocenters. The highest BCUT2D eigenvalue weighted by molar-refractivity contribution is 5.76. The maximum absolute atomic E-state index is 13.0. The number of amides is 1. The lowest BCUT2D eigenvalue weighted by molar-refractivity contribution is -0.144. The lowest BCUT2D eigenvalue weighted by Crippen LogP contribution is -2.45. The highest BCUT2D eigenvalue weighted by atomic mass is 19.4. The van der Waals surface area contributed by atoms with Crippen molar-refractivity contribution in [1.82, 2.24) is 24.9 Å². The maximum atomic E-state index is 13.0. The van der Waals surface area contributed by atoms with Crippen molar-refractivity contribution in [2.24, 2.45) is 5.92 Å². The molecule has 1 amide bonds. The molecule has 0 unspecified atom stereocenters. The highest BCUT2D eigenvalue weighted by Gasteiger charge is 2.35. The Labute approximate surface area is 152 Å². The van der Waals surface area contributed by atoms with Crippen LogP contribution in [-0.4, -0.2) is 71.8 Å². The number of alkyl halides is 3. The summed E-state index contributed by atoms with van der Waals surface area (Å²) in [5.41, 5.74) is -0.413. The summed E-state index contributed by atoms with van der Waals surface area (Å²) >= 11 is 0. The van der Waals surface area contributed by atoms with E-state index in [0.29, 0.717) is 25.2 Å². The second-order valence-electron chi connectivity index (χ2n) is 7.15. The molecule has 2 heterocycles. The van der Waals surface area contributed by atoms with Crippen LogP contribution in [0.25, 0.3) is 0 Å². The van der Waals surface area contributed by atoms with Crippen LogP contribution in [0.3, 0.4) is 0 Å². The quantitative estimate of drug-likeness (QED) is 0.787. The molecule has 148 valence electrons. The zero-order valence-corrected chi connectivity index (χ0v) is 15.6. The zero-order valence-electron chi connectivity index (χ0n) is 15.6. The van der Waals surface area contributed by atoms with Crippen molar-refractivity contribution in [3.8, 4) is 0 Å².